The molecule has 0 fully saturated rings. The van der Waals surface area contributed by atoms with E-state index in [0.29, 0.717) is 0 Å². The van der Waals surface area contributed by atoms with Crippen molar-refractivity contribution in [3.8, 4) is 0 Å². The standard InChI is InChI=1S/C45H95P/c1-5-9-13-17-21-24-27-31-35-39-43-46(42-38-34-30-20-16-12-8-4,44-40-36-32-28-25-22-18-14-10-6-2)45-41-37-33-29-26-23-19-15-11-7-3/h46H,5-45H2,1-4H3. The van der Waals surface area contributed by atoms with Gasteiger partial charge in [0.25, 0.3) is 0 Å². The van der Waals surface area contributed by atoms with Gasteiger partial charge in [-0.2, -0.15) is 0 Å². The first-order valence-electron chi connectivity index (χ1n) is 22.7. The summed E-state index contributed by atoms with van der Waals surface area (Å²) in [5.41, 5.74) is 0. The van der Waals surface area contributed by atoms with Crippen molar-refractivity contribution in [1.29, 1.82) is 0 Å². The van der Waals surface area contributed by atoms with Crippen molar-refractivity contribution in [2.24, 2.45) is 0 Å². The van der Waals surface area contributed by atoms with Crippen molar-refractivity contribution in [2.45, 2.75) is 265 Å². The van der Waals surface area contributed by atoms with Gasteiger partial charge in [-0.15, -0.1) is 0 Å². The van der Waals surface area contributed by atoms with Crippen LogP contribution in [0, 0.1) is 0 Å². The van der Waals surface area contributed by atoms with E-state index in [-0.39, 0.29) is 0 Å². The molecule has 0 heterocycles. The van der Waals surface area contributed by atoms with E-state index in [1.165, 1.54) is 212 Å². The Kier molecular flexibility index (Phi) is 40.2. The summed E-state index contributed by atoms with van der Waals surface area (Å²) >= 11 is 0. The van der Waals surface area contributed by atoms with Crippen LogP contribution in [0.5, 0.6) is 0 Å². The van der Waals surface area contributed by atoms with Gasteiger partial charge in [0, 0.05) is 0 Å². The number of rotatable bonds is 41. The molecule has 0 aliphatic rings. The van der Waals surface area contributed by atoms with Crippen LogP contribution in [0.15, 0.2) is 0 Å². The van der Waals surface area contributed by atoms with Crippen molar-refractivity contribution >= 4 is 7.26 Å². The first-order chi connectivity index (χ1) is 22.7. The minimum absolute atomic E-state index is 1.14. The molecule has 0 saturated heterocycles. The molecule has 1 heteroatoms. The Bertz CT molecular complexity index is 467. The molecule has 0 saturated carbocycles. The topological polar surface area (TPSA) is 0 Å². The molecule has 0 atom stereocenters. The fourth-order valence-electron chi connectivity index (χ4n) is 8.17. The van der Waals surface area contributed by atoms with Gasteiger partial charge in [-0.3, -0.25) is 0 Å². The molecule has 0 aliphatic carbocycles. The zero-order valence-corrected chi connectivity index (χ0v) is 34.5. The molecule has 0 amide bonds. The number of unbranched alkanes of at least 4 members (excludes halogenated alkanes) is 33. The van der Waals surface area contributed by atoms with Gasteiger partial charge in [0.05, 0.1) is 0 Å². The molecular weight excluding hydrogens is 571 g/mol. The molecule has 46 heavy (non-hydrogen) atoms. The van der Waals surface area contributed by atoms with Crippen molar-refractivity contribution < 1.29 is 0 Å². The summed E-state index contributed by atoms with van der Waals surface area (Å²) < 4.78 is 0. The Balaban J connectivity index is 4.81. The summed E-state index contributed by atoms with van der Waals surface area (Å²) in [4.78, 5) is 0. The molecule has 0 nitrogen and oxygen atoms in total. The SMILES string of the molecule is CCCCCCCCCCCC[PH](CCCCCCCCC)(CCCCCCCCCCCC)CCCCCCCCCCCC. The van der Waals surface area contributed by atoms with Gasteiger partial charge in [-0.05, 0) is 0 Å². The fourth-order valence-corrected chi connectivity index (χ4v) is 13.7. The molecule has 0 rings (SSSR count). The Morgan fingerprint density at radius 2 is 0.304 bits per heavy atom. The fraction of sp³-hybridized carbons (Fsp3) is 1.00. The zero-order chi connectivity index (χ0) is 33.5. The van der Waals surface area contributed by atoms with Gasteiger partial charge in [0.1, 0.15) is 0 Å². The van der Waals surface area contributed by atoms with Crippen LogP contribution >= 0.6 is 7.26 Å². The van der Waals surface area contributed by atoms with Crippen LogP contribution in [0.2, 0.25) is 0 Å². The molecule has 0 radical (unpaired) electrons. The van der Waals surface area contributed by atoms with Crippen LogP contribution in [-0.4, -0.2) is 24.6 Å². The summed E-state index contributed by atoms with van der Waals surface area (Å²) in [6, 6.07) is 0. The maximum atomic E-state index is 2.36. The normalized spacial score (nSPS) is 12.3. The average Bonchev–Trinajstić information content (AvgIpc) is 3.06. The van der Waals surface area contributed by atoms with Gasteiger partial charge in [0.15, 0.2) is 0 Å². The molecule has 0 N–H and O–H groups in total. The van der Waals surface area contributed by atoms with Crippen LogP contribution in [0.1, 0.15) is 265 Å². The molecule has 0 bridgehead atoms. The predicted molar refractivity (Wildman–Crippen MR) is 221 cm³/mol. The van der Waals surface area contributed by atoms with Crippen molar-refractivity contribution in [3.63, 3.8) is 0 Å². The summed E-state index contributed by atoms with van der Waals surface area (Å²) in [6.45, 7) is 9.37. The second-order valence-corrected chi connectivity index (χ2v) is 21.2. The van der Waals surface area contributed by atoms with E-state index in [9.17, 15) is 0 Å². The van der Waals surface area contributed by atoms with Gasteiger partial charge in [0.2, 0.25) is 0 Å². The molecule has 0 aromatic heterocycles. The van der Waals surface area contributed by atoms with E-state index >= 15 is 0 Å². The second kappa shape index (κ2) is 39.9. The maximum absolute atomic E-state index is 2.36. The van der Waals surface area contributed by atoms with E-state index in [0.717, 1.165) is 0 Å². The van der Waals surface area contributed by atoms with E-state index < -0.39 is 7.26 Å². The molecule has 0 aromatic rings. The van der Waals surface area contributed by atoms with Crippen molar-refractivity contribution in [3.05, 3.63) is 0 Å². The van der Waals surface area contributed by atoms with Gasteiger partial charge < -0.3 is 0 Å². The number of hydrogen-bond acceptors (Lipinski definition) is 0. The predicted octanol–water partition coefficient (Wildman–Crippen LogP) is 17.2. The van der Waals surface area contributed by atoms with Gasteiger partial charge in [-0.25, -0.2) is 0 Å². The first kappa shape index (κ1) is 46.4. The summed E-state index contributed by atoms with van der Waals surface area (Å²) in [5, 5.41) is 0. The van der Waals surface area contributed by atoms with Crippen LogP contribution in [0.3, 0.4) is 0 Å². The van der Waals surface area contributed by atoms with Gasteiger partial charge >= 0.3 is 297 Å². The minimum atomic E-state index is -1.14. The Morgan fingerprint density at radius 1 is 0.174 bits per heavy atom. The average molecular weight is 667 g/mol. The third-order valence-corrected chi connectivity index (χ3v) is 17.1. The summed E-state index contributed by atoms with van der Waals surface area (Å²) in [6.07, 6.45) is 62.0. The Hall–Kier alpha value is 0.430. The van der Waals surface area contributed by atoms with E-state index in [4.69, 9.17) is 0 Å². The van der Waals surface area contributed by atoms with Crippen LogP contribution in [0.4, 0.5) is 0 Å². The molecule has 0 aliphatic heterocycles. The summed E-state index contributed by atoms with van der Waals surface area (Å²) in [5.74, 6) is 0. The molecule has 0 aromatic carbocycles. The van der Waals surface area contributed by atoms with E-state index in [1.807, 2.05) is 0 Å². The zero-order valence-electron chi connectivity index (χ0n) is 33.5. The quantitative estimate of drug-likeness (QED) is 0.0450. The van der Waals surface area contributed by atoms with Crippen LogP contribution in [-0.2, 0) is 0 Å². The monoisotopic (exact) mass is 667 g/mol. The first-order valence-corrected chi connectivity index (χ1v) is 25.6. The third kappa shape index (κ3) is 34.3. The number of hydrogen-bond donors (Lipinski definition) is 0. The second-order valence-electron chi connectivity index (χ2n) is 16.2. The Labute approximate surface area is 296 Å². The van der Waals surface area contributed by atoms with Crippen LogP contribution in [0.25, 0.3) is 0 Å². The third-order valence-electron chi connectivity index (χ3n) is 11.5. The Morgan fingerprint density at radius 3 is 0.457 bits per heavy atom. The molecule has 280 valence electrons. The van der Waals surface area contributed by atoms with E-state index in [2.05, 4.69) is 27.7 Å². The van der Waals surface area contributed by atoms with Gasteiger partial charge in [-0.1, -0.05) is 0 Å². The summed E-state index contributed by atoms with van der Waals surface area (Å²) in [7, 11) is -1.14. The van der Waals surface area contributed by atoms with Crippen LogP contribution < -0.4 is 0 Å². The molecule has 0 spiro atoms. The van der Waals surface area contributed by atoms with E-state index in [1.54, 1.807) is 50.3 Å². The van der Waals surface area contributed by atoms with Crippen molar-refractivity contribution in [2.75, 3.05) is 24.6 Å². The molecular formula is C45H95P. The molecule has 0 unspecified atom stereocenters. The van der Waals surface area contributed by atoms with Crippen molar-refractivity contribution in [1.82, 2.24) is 0 Å².